The summed E-state index contributed by atoms with van der Waals surface area (Å²) in [5, 5.41) is 3.79. The smallest absolute Gasteiger partial charge is 0.0361 e. The summed E-state index contributed by atoms with van der Waals surface area (Å²) in [6.07, 6.45) is 5.43. The van der Waals surface area contributed by atoms with Crippen LogP contribution in [0.4, 0.5) is 5.69 Å². The van der Waals surface area contributed by atoms with Crippen molar-refractivity contribution in [2.75, 3.05) is 19.0 Å². The molecule has 0 radical (unpaired) electrons. The summed E-state index contributed by atoms with van der Waals surface area (Å²) in [4.78, 5) is 2.14. The molecule has 1 N–H and O–H groups in total. The van der Waals surface area contributed by atoms with Crippen LogP contribution < -0.4 is 10.2 Å². The Morgan fingerprint density at radius 1 is 1.05 bits per heavy atom. The standard InChI is InChI=1S/C17H28N2/c1-13-5-9-16(10-6-13)18-14(2)15-7-11-17(12-8-15)19(3)4/h7-8,11-14,16,18H,5-6,9-10H2,1-4H3. The monoisotopic (exact) mass is 260 g/mol. The van der Waals surface area contributed by atoms with E-state index in [1.54, 1.807) is 0 Å². The molecule has 1 saturated carbocycles. The molecule has 0 bridgehead atoms. The fourth-order valence-electron chi connectivity index (χ4n) is 2.94. The first kappa shape index (κ1) is 14.4. The van der Waals surface area contributed by atoms with Gasteiger partial charge in [0, 0.05) is 31.9 Å². The van der Waals surface area contributed by atoms with Crippen molar-refractivity contribution in [1.82, 2.24) is 5.32 Å². The van der Waals surface area contributed by atoms with E-state index in [2.05, 4.69) is 62.4 Å². The van der Waals surface area contributed by atoms with E-state index < -0.39 is 0 Å². The van der Waals surface area contributed by atoms with Gasteiger partial charge in [-0.15, -0.1) is 0 Å². The predicted octanol–water partition coefficient (Wildman–Crippen LogP) is 3.98. The first-order valence-corrected chi connectivity index (χ1v) is 7.59. The van der Waals surface area contributed by atoms with Crippen LogP contribution in [0.5, 0.6) is 0 Å². The molecule has 0 amide bonds. The molecule has 1 fully saturated rings. The van der Waals surface area contributed by atoms with Gasteiger partial charge in [0.15, 0.2) is 0 Å². The van der Waals surface area contributed by atoms with Crippen LogP contribution in [0.2, 0.25) is 0 Å². The molecular formula is C17H28N2. The Hall–Kier alpha value is -1.02. The lowest BCUT2D eigenvalue weighted by Crippen LogP contribution is -2.34. The van der Waals surface area contributed by atoms with Crippen LogP contribution >= 0.6 is 0 Å². The van der Waals surface area contributed by atoms with Gasteiger partial charge in [0.2, 0.25) is 0 Å². The molecule has 0 saturated heterocycles. The minimum Gasteiger partial charge on any atom is -0.378 e. The zero-order valence-corrected chi connectivity index (χ0v) is 12.8. The lowest BCUT2D eigenvalue weighted by Gasteiger charge is -2.30. The maximum atomic E-state index is 3.79. The third-order valence-electron chi connectivity index (χ3n) is 4.41. The minimum absolute atomic E-state index is 0.453. The largest absolute Gasteiger partial charge is 0.378 e. The highest BCUT2D eigenvalue weighted by atomic mass is 15.1. The Bertz CT molecular complexity index is 375. The van der Waals surface area contributed by atoms with E-state index >= 15 is 0 Å². The minimum atomic E-state index is 0.453. The lowest BCUT2D eigenvalue weighted by atomic mass is 9.87. The SMILES string of the molecule is CC1CCC(NC(C)c2ccc(N(C)C)cc2)CC1. The average Bonchev–Trinajstić information content (AvgIpc) is 2.41. The van der Waals surface area contributed by atoms with Gasteiger partial charge in [-0.3, -0.25) is 0 Å². The topological polar surface area (TPSA) is 15.3 Å². The van der Waals surface area contributed by atoms with E-state index in [0.29, 0.717) is 12.1 Å². The molecule has 1 aliphatic carbocycles. The molecule has 1 aliphatic rings. The Balaban J connectivity index is 1.90. The van der Waals surface area contributed by atoms with E-state index in [9.17, 15) is 0 Å². The first-order valence-electron chi connectivity index (χ1n) is 7.59. The molecule has 0 aliphatic heterocycles. The van der Waals surface area contributed by atoms with Crippen LogP contribution in [-0.4, -0.2) is 20.1 Å². The van der Waals surface area contributed by atoms with Crippen molar-refractivity contribution in [3.63, 3.8) is 0 Å². The number of rotatable bonds is 4. The molecule has 1 aromatic carbocycles. The molecule has 0 heterocycles. The summed E-state index contributed by atoms with van der Waals surface area (Å²) in [5.41, 5.74) is 2.66. The molecule has 1 aromatic rings. The summed E-state index contributed by atoms with van der Waals surface area (Å²) in [6.45, 7) is 4.66. The number of hydrogen-bond donors (Lipinski definition) is 1. The van der Waals surface area contributed by atoms with Crippen molar-refractivity contribution in [1.29, 1.82) is 0 Å². The van der Waals surface area contributed by atoms with Gasteiger partial charge in [-0.05, 0) is 56.2 Å². The molecular weight excluding hydrogens is 232 g/mol. The van der Waals surface area contributed by atoms with Crippen LogP contribution in [0.15, 0.2) is 24.3 Å². The third-order valence-corrected chi connectivity index (χ3v) is 4.41. The molecule has 19 heavy (non-hydrogen) atoms. The van der Waals surface area contributed by atoms with Crippen molar-refractivity contribution in [2.45, 2.75) is 51.6 Å². The maximum absolute atomic E-state index is 3.79. The average molecular weight is 260 g/mol. The predicted molar refractivity (Wildman–Crippen MR) is 83.7 cm³/mol. The zero-order chi connectivity index (χ0) is 13.8. The van der Waals surface area contributed by atoms with Gasteiger partial charge in [0.25, 0.3) is 0 Å². The van der Waals surface area contributed by atoms with Crippen molar-refractivity contribution in [3.05, 3.63) is 29.8 Å². The number of anilines is 1. The fraction of sp³-hybridized carbons (Fsp3) is 0.647. The second-order valence-electron chi connectivity index (χ2n) is 6.33. The fourth-order valence-corrected chi connectivity index (χ4v) is 2.94. The Labute approximate surface area is 118 Å². The highest BCUT2D eigenvalue weighted by molar-refractivity contribution is 5.46. The summed E-state index contributed by atoms with van der Waals surface area (Å²) < 4.78 is 0. The van der Waals surface area contributed by atoms with Crippen molar-refractivity contribution in [3.8, 4) is 0 Å². The molecule has 2 heteroatoms. The third kappa shape index (κ3) is 3.97. The number of benzene rings is 1. The number of nitrogens with one attached hydrogen (secondary N) is 1. The van der Waals surface area contributed by atoms with E-state index in [0.717, 1.165) is 5.92 Å². The normalized spacial score (nSPS) is 25.1. The Kier molecular flexibility index (Phi) is 4.87. The first-order chi connectivity index (χ1) is 9.06. The van der Waals surface area contributed by atoms with Gasteiger partial charge < -0.3 is 10.2 Å². The molecule has 1 unspecified atom stereocenters. The Morgan fingerprint density at radius 3 is 2.16 bits per heavy atom. The van der Waals surface area contributed by atoms with Gasteiger partial charge in [0.05, 0.1) is 0 Å². The molecule has 2 rings (SSSR count). The zero-order valence-electron chi connectivity index (χ0n) is 12.8. The van der Waals surface area contributed by atoms with Gasteiger partial charge in [-0.25, -0.2) is 0 Å². The lowest BCUT2D eigenvalue weighted by molar-refractivity contribution is 0.292. The molecule has 0 spiro atoms. The summed E-state index contributed by atoms with van der Waals surface area (Å²) >= 11 is 0. The second kappa shape index (κ2) is 6.42. The van der Waals surface area contributed by atoms with Crippen molar-refractivity contribution >= 4 is 5.69 Å². The van der Waals surface area contributed by atoms with Gasteiger partial charge >= 0.3 is 0 Å². The van der Waals surface area contributed by atoms with E-state index in [4.69, 9.17) is 0 Å². The van der Waals surface area contributed by atoms with Gasteiger partial charge in [0.1, 0.15) is 0 Å². The van der Waals surface area contributed by atoms with Crippen LogP contribution in [0.3, 0.4) is 0 Å². The maximum Gasteiger partial charge on any atom is 0.0361 e. The van der Waals surface area contributed by atoms with Gasteiger partial charge in [-0.1, -0.05) is 19.1 Å². The van der Waals surface area contributed by atoms with Crippen LogP contribution in [0.25, 0.3) is 0 Å². The van der Waals surface area contributed by atoms with Crippen molar-refractivity contribution in [2.24, 2.45) is 5.92 Å². The van der Waals surface area contributed by atoms with E-state index in [1.165, 1.54) is 36.9 Å². The molecule has 1 atom stereocenters. The molecule has 106 valence electrons. The summed E-state index contributed by atoms with van der Waals surface area (Å²) in [7, 11) is 4.17. The highest BCUT2D eigenvalue weighted by Gasteiger charge is 2.19. The Morgan fingerprint density at radius 2 is 1.63 bits per heavy atom. The summed E-state index contributed by atoms with van der Waals surface area (Å²) in [6, 6.07) is 10.1. The van der Waals surface area contributed by atoms with Gasteiger partial charge in [-0.2, -0.15) is 0 Å². The second-order valence-corrected chi connectivity index (χ2v) is 6.33. The molecule has 2 nitrogen and oxygen atoms in total. The van der Waals surface area contributed by atoms with Crippen LogP contribution in [-0.2, 0) is 0 Å². The number of nitrogens with zero attached hydrogens (tertiary/aromatic N) is 1. The van der Waals surface area contributed by atoms with E-state index in [-0.39, 0.29) is 0 Å². The van der Waals surface area contributed by atoms with Crippen LogP contribution in [0.1, 0.15) is 51.1 Å². The van der Waals surface area contributed by atoms with Crippen LogP contribution in [0, 0.1) is 5.92 Å². The van der Waals surface area contributed by atoms with Crippen molar-refractivity contribution < 1.29 is 0 Å². The quantitative estimate of drug-likeness (QED) is 0.881. The highest BCUT2D eigenvalue weighted by Crippen LogP contribution is 2.26. The van der Waals surface area contributed by atoms with E-state index in [1.807, 2.05) is 0 Å². The molecule has 0 aromatic heterocycles. The summed E-state index contributed by atoms with van der Waals surface area (Å²) in [5.74, 6) is 0.924. The number of hydrogen-bond acceptors (Lipinski definition) is 2.